The third-order valence-electron chi connectivity index (χ3n) is 5.80. The van der Waals surface area contributed by atoms with Crippen LogP contribution in [0, 0.1) is 0 Å². The van der Waals surface area contributed by atoms with Gasteiger partial charge in [0.2, 0.25) is 0 Å². The quantitative estimate of drug-likeness (QED) is 0.288. The molecule has 8 heteroatoms. The van der Waals surface area contributed by atoms with Crippen LogP contribution >= 0.6 is 50.7 Å². The summed E-state index contributed by atoms with van der Waals surface area (Å²) >= 11 is 22.3. The maximum Gasteiger partial charge on any atom is 0.175 e. The molecule has 0 bridgehead atoms. The number of piperidine rings is 1. The van der Waals surface area contributed by atoms with Crippen LogP contribution in [-0.4, -0.2) is 20.2 Å². The van der Waals surface area contributed by atoms with E-state index in [1.54, 1.807) is 19.2 Å². The smallest absolute Gasteiger partial charge is 0.175 e. The molecule has 4 nitrogen and oxygen atoms in total. The summed E-state index contributed by atoms with van der Waals surface area (Å²) < 4.78 is 12.4. The molecule has 0 atom stereocenters. The van der Waals surface area contributed by atoms with Gasteiger partial charge in [0.05, 0.1) is 32.3 Å². The summed E-state index contributed by atoms with van der Waals surface area (Å²) in [5, 5.41) is 5.24. The van der Waals surface area contributed by atoms with Crippen LogP contribution in [0.5, 0.6) is 11.5 Å². The van der Waals surface area contributed by atoms with Gasteiger partial charge in [0.15, 0.2) is 11.5 Å². The molecule has 0 unspecified atom stereocenters. The van der Waals surface area contributed by atoms with Gasteiger partial charge in [-0.1, -0.05) is 40.9 Å². The summed E-state index contributed by atoms with van der Waals surface area (Å²) in [4.78, 5) is 2.37. The van der Waals surface area contributed by atoms with E-state index in [2.05, 4.69) is 38.3 Å². The Hall–Kier alpha value is -1.79. The van der Waals surface area contributed by atoms with Crippen LogP contribution in [0.3, 0.4) is 0 Å². The molecule has 1 saturated heterocycles. The zero-order chi connectivity index (χ0) is 24.1. The van der Waals surface area contributed by atoms with Crippen molar-refractivity contribution in [3.8, 4) is 11.5 Å². The molecule has 0 radical (unpaired) electrons. The van der Waals surface area contributed by atoms with Gasteiger partial charge in [-0.15, -0.1) is 0 Å². The van der Waals surface area contributed by atoms with E-state index < -0.39 is 0 Å². The van der Waals surface area contributed by atoms with Gasteiger partial charge in [0, 0.05) is 25.3 Å². The molecule has 3 aromatic rings. The van der Waals surface area contributed by atoms with Gasteiger partial charge in [0.1, 0.15) is 6.61 Å². The first-order valence-corrected chi connectivity index (χ1v) is 13.1. The fourth-order valence-electron chi connectivity index (χ4n) is 4.01. The number of hydrogen-bond donors (Lipinski definition) is 1. The van der Waals surface area contributed by atoms with Gasteiger partial charge in [-0.3, -0.25) is 0 Å². The minimum atomic E-state index is 0.339. The molecule has 0 amide bonds. The number of methoxy groups -OCH3 is 1. The summed E-state index contributed by atoms with van der Waals surface area (Å²) in [6, 6.07) is 15.6. The van der Waals surface area contributed by atoms with Crippen LogP contribution in [0.2, 0.25) is 15.1 Å². The monoisotopic (exact) mass is 582 g/mol. The van der Waals surface area contributed by atoms with E-state index in [1.165, 1.54) is 19.3 Å². The zero-order valence-corrected chi connectivity index (χ0v) is 22.7. The molecule has 1 heterocycles. The molecular weight excluding hydrogens is 559 g/mol. The first kappa shape index (κ1) is 25.3. The number of nitrogens with one attached hydrogen (secondary N) is 1. The average molecular weight is 585 g/mol. The normalized spacial score (nSPS) is 13.6. The van der Waals surface area contributed by atoms with Crippen molar-refractivity contribution in [2.75, 3.05) is 30.4 Å². The van der Waals surface area contributed by atoms with Gasteiger partial charge in [-0.2, -0.15) is 0 Å². The highest BCUT2D eigenvalue weighted by atomic mass is 79.9. The van der Waals surface area contributed by atoms with E-state index in [-0.39, 0.29) is 0 Å². The van der Waals surface area contributed by atoms with Gasteiger partial charge in [0.25, 0.3) is 0 Å². The second-order valence-electron chi connectivity index (χ2n) is 8.21. The first-order chi connectivity index (χ1) is 16.4. The highest BCUT2D eigenvalue weighted by Gasteiger charge is 2.15. The zero-order valence-electron chi connectivity index (χ0n) is 18.8. The number of rotatable bonds is 8. The van der Waals surface area contributed by atoms with Gasteiger partial charge in [-0.05, 0) is 88.8 Å². The molecule has 34 heavy (non-hydrogen) atoms. The predicted molar refractivity (Wildman–Crippen MR) is 146 cm³/mol. The van der Waals surface area contributed by atoms with Crippen LogP contribution in [0.1, 0.15) is 30.4 Å². The SMILES string of the molecule is COc1cc(CNc2ccc(N3CCCCC3)c(Cl)c2)cc(Br)c1OCc1ccc(Cl)c(Cl)c1. The lowest BCUT2D eigenvalue weighted by molar-refractivity contribution is 0.282. The Bertz CT molecular complexity index is 1150. The summed E-state index contributed by atoms with van der Waals surface area (Å²) in [6.07, 6.45) is 3.74. The molecule has 0 aliphatic carbocycles. The van der Waals surface area contributed by atoms with Gasteiger partial charge in [-0.25, -0.2) is 0 Å². The molecule has 4 rings (SSSR count). The van der Waals surface area contributed by atoms with Crippen molar-refractivity contribution in [3.05, 3.63) is 79.2 Å². The maximum atomic E-state index is 6.60. The van der Waals surface area contributed by atoms with Crippen molar-refractivity contribution in [1.82, 2.24) is 0 Å². The third kappa shape index (κ3) is 6.25. The Morgan fingerprint density at radius 3 is 2.38 bits per heavy atom. The van der Waals surface area contributed by atoms with E-state index in [9.17, 15) is 0 Å². The number of nitrogens with zero attached hydrogens (tertiary/aromatic N) is 1. The van der Waals surface area contributed by atoms with Crippen LogP contribution in [-0.2, 0) is 13.2 Å². The topological polar surface area (TPSA) is 33.7 Å². The molecule has 1 N–H and O–H groups in total. The number of benzene rings is 3. The molecular formula is C26H26BrCl3N2O2. The second kappa shape index (κ2) is 11.8. The highest BCUT2D eigenvalue weighted by molar-refractivity contribution is 9.10. The fraction of sp³-hybridized carbons (Fsp3) is 0.308. The Balaban J connectivity index is 1.42. The Morgan fingerprint density at radius 2 is 1.68 bits per heavy atom. The van der Waals surface area contributed by atoms with Crippen molar-refractivity contribution < 1.29 is 9.47 Å². The van der Waals surface area contributed by atoms with Crippen molar-refractivity contribution in [3.63, 3.8) is 0 Å². The van der Waals surface area contributed by atoms with E-state index in [0.717, 1.165) is 45.1 Å². The molecule has 3 aromatic carbocycles. The molecule has 0 spiro atoms. The largest absolute Gasteiger partial charge is 0.493 e. The van der Waals surface area contributed by atoms with Crippen molar-refractivity contribution in [1.29, 1.82) is 0 Å². The lowest BCUT2D eigenvalue weighted by atomic mass is 10.1. The standard InChI is InChI=1S/C26H26BrCl3N2O2/c1-33-25-13-18(11-20(27)26(25)34-16-17-5-7-21(28)22(29)12-17)15-31-19-6-8-24(23(30)14-19)32-9-3-2-4-10-32/h5-8,11-14,31H,2-4,9-10,15-16H2,1H3. The predicted octanol–water partition coefficient (Wildman–Crippen LogP) is 8.60. The molecule has 1 fully saturated rings. The molecule has 1 aliphatic rings. The van der Waals surface area contributed by atoms with Crippen LogP contribution < -0.4 is 19.7 Å². The summed E-state index contributed by atoms with van der Waals surface area (Å²) in [7, 11) is 1.63. The minimum absolute atomic E-state index is 0.339. The molecule has 0 aromatic heterocycles. The Kier molecular flexibility index (Phi) is 8.75. The van der Waals surface area contributed by atoms with E-state index in [0.29, 0.717) is 34.7 Å². The van der Waals surface area contributed by atoms with Gasteiger partial charge < -0.3 is 19.7 Å². The number of hydrogen-bond acceptors (Lipinski definition) is 4. The lowest BCUT2D eigenvalue weighted by Gasteiger charge is -2.29. The third-order valence-corrected chi connectivity index (χ3v) is 7.43. The minimum Gasteiger partial charge on any atom is -0.493 e. The first-order valence-electron chi connectivity index (χ1n) is 11.2. The Labute approximate surface area is 224 Å². The molecule has 0 saturated carbocycles. The summed E-state index contributed by atoms with van der Waals surface area (Å²) in [5.74, 6) is 1.27. The van der Waals surface area contributed by atoms with Crippen molar-refractivity contribution >= 4 is 62.1 Å². The highest BCUT2D eigenvalue weighted by Crippen LogP contribution is 2.38. The van der Waals surface area contributed by atoms with Crippen molar-refractivity contribution in [2.45, 2.75) is 32.4 Å². The summed E-state index contributed by atoms with van der Waals surface area (Å²) in [6.45, 7) is 3.09. The van der Waals surface area contributed by atoms with Crippen LogP contribution in [0.15, 0.2) is 53.0 Å². The van der Waals surface area contributed by atoms with E-state index in [4.69, 9.17) is 44.3 Å². The van der Waals surface area contributed by atoms with Crippen molar-refractivity contribution in [2.24, 2.45) is 0 Å². The van der Waals surface area contributed by atoms with E-state index in [1.807, 2.05) is 24.3 Å². The Morgan fingerprint density at radius 1 is 0.882 bits per heavy atom. The average Bonchev–Trinajstić information content (AvgIpc) is 2.84. The number of anilines is 2. The fourth-order valence-corrected chi connectivity index (χ4v) is 5.24. The second-order valence-corrected chi connectivity index (χ2v) is 10.3. The van der Waals surface area contributed by atoms with Crippen LogP contribution in [0.25, 0.3) is 0 Å². The molecule has 180 valence electrons. The summed E-state index contributed by atoms with van der Waals surface area (Å²) in [5.41, 5.74) is 4.04. The number of ether oxygens (including phenoxy) is 2. The molecule has 1 aliphatic heterocycles. The lowest BCUT2D eigenvalue weighted by Crippen LogP contribution is -2.29. The van der Waals surface area contributed by atoms with E-state index >= 15 is 0 Å². The van der Waals surface area contributed by atoms with Gasteiger partial charge >= 0.3 is 0 Å². The number of halogens is 4. The maximum absolute atomic E-state index is 6.60. The van der Waals surface area contributed by atoms with Crippen LogP contribution in [0.4, 0.5) is 11.4 Å².